The van der Waals surface area contributed by atoms with Crippen LogP contribution in [0.3, 0.4) is 0 Å². The first-order valence-electron chi connectivity index (χ1n) is 20.7. The van der Waals surface area contributed by atoms with Crippen molar-refractivity contribution in [1.29, 1.82) is 0 Å². The van der Waals surface area contributed by atoms with Gasteiger partial charge in [-0.05, 0) is 96.3 Å². The Bertz CT molecular complexity index is 880. The minimum atomic E-state index is -1.30. The molecule has 0 fully saturated rings. The molecule has 1 amide bonds. The van der Waals surface area contributed by atoms with Crippen molar-refractivity contribution >= 4 is 5.91 Å². The second-order valence-corrected chi connectivity index (χ2v) is 13.9. The third-order valence-electron chi connectivity index (χ3n) is 9.16. The molecule has 6 nitrogen and oxygen atoms in total. The minimum Gasteiger partial charge on any atom is -0.394 e. The average Bonchev–Trinajstić information content (AvgIpc) is 3.12. The molecule has 0 spiro atoms. The van der Waals surface area contributed by atoms with Gasteiger partial charge in [-0.2, -0.15) is 0 Å². The van der Waals surface area contributed by atoms with Gasteiger partial charge >= 0.3 is 0 Å². The number of hydrogen-bond acceptors (Lipinski definition) is 5. The largest absolute Gasteiger partial charge is 0.394 e. The molecule has 0 bridgehead atoms. The molecule has 0 heterocycles. The highest BCUT2D eigenvalue weighted by molar-refractivity contribution is 5.80. The molecule has 4 atom stereocenters. The molecule has 0 aliphatic rings. The normalized spacial score (nSPS) is 14.9. The highest BCUT2D eigenvalue weighted by Crippen LogP contribution is 2.13. The van der Waals surface area contributed by atoms with Gasteiger partial charge in [0, 0.05) is 0 Å². The zero-order valence-electron chi connectivity index (χ0n) is 32.4. The first-order valence-corrected chi connectivity index (χ1v) is 20.7. The Morgan fingerprint density at radius 2 is 0.900 bits per heavy atom. The first kappa shape index (κ1) is 48.0. The molecule has 0 aliphatic carbocycles. The highest BCUT2D eigenvalue weighted by atomic mass is 16.3. The molecule has 0 aromatic heterocycles. The number of nitrogens with one attached hydrogen (secondary N) is 1. The Morgan fingerprint density at radius 1 is 0.500 bits per heavy atom. The maximum absolute atomic E-state index is 12.5. The van der Waals surface area contributed by atoms with E-state index < -0.39 is 36.9 Å². The quantitative estimate of drug-likeness (QED) is 0.0330. The van der Waals surface area contributed by atoms with E-state index in [9.17, 15) is 25.2 Å². The van der Waals surface area contributed by atoms with Gasteiger partial charge in [0.25, 0.3) is 0 Å². The lowest BCUT2D eigenvalue weighted by atomic mass is 10.00. The van der Waals surface area contributed by atoms with Gasteiger partial charge in [0.15, 0.2) is 0 Å². The maximum Gasteiger partial charge on any atom is 0.249 e. The van der Waals surface area contributed by atoms with E-state index >= 15 is 0 Å². The summed E-state index contributed by atoms with van der Waals surface area (Å²) < 4.78 is 0. The van der Waals surface area contributed by atoms with Gasteiger partial charge in [-0.1, -0.05) is 145 Å². The van der Waals surface area contributed by atoms with Crippen molar-refractivity contribution < 1.29 is 25.2 Å². The Balaban J connectivity index is 3.90. The van der Waals surface area contributed by atoms with Gasteiger partial charge in [0.1, 0.15) is 12.2 Å². The third kappa shape index (κ3) is 32.0. The molecular formula is C44H79NO5. The molecule has 0 aromatic carbocycles. The fraction of sp³-hybridized carbons (Fsp3) is 0.750. The van der Waals surface area contributed by atoms with Gasteiger partial charge in [-0.25, -0.2) is 0 Å². The lowest BCUT2D eigenvalue weighted by molar-refractivity contribution is -0.132. The number of aliphatic hydroxyl groups excluding tert-OH is 4. The van der Waals surface area contributed by atoms with E-state index in [-0.39, 0.29) is 0 Å². The van der Waals surface area contributed by atoms with Gasteiger partial charge < -0.3 is 25.7 Å². The number of unbranched alkanes of at least 4 members (excludes halogenated alkanes) is 17. The third-order valence-corrected chi connectivity index (χ3v) is 9.16. The first-order chi connectivity index (χ1) is 24.5. The highest BCUT2D eigenvalue weighted by Gasteiger charge is 2.28. The maximum atomic E-state index is 12.5. The molecule has 290 valence electrons. The smallest absolute Gasteiger partial charge is 0.249 e. The Hall–Kier alpha value is -1.99. The van der Waals surface area contributed by atoms with E-state index in [1.807, 2.05) is 0 Å². The fourth-order valence-corrected chi connectivity index (χ4v) is 5.82. The number of allylic oxidation sites excluding steroid dienone is 10. The van der Waals surface area contributed by atoms with E-state index in [4.69, 9.17) is 0 Å². The standard InChI is InChI=1S/C44H79NO5/c1-3-5-7-9-11-13-15-17-19-21-22-24-25-27-29-31-33-35-37-41(47)43(49)40(39-46)45-44(50)42(48)38-36-34-32-30-28-26-23-20-18-16-14-12-10-8-6-4-2/h12,14-15,17-18,20,22,24,29,31,40-43,46-49H,3-11,13,16,19,21,23,25-28,30,32-39H2,1-2H3,(H,45,50)/b14-12-,17-15+,20-18-,24-22+,31-29+. The van der Waals surface area contributed by atoms with Crippen molar-refractivity contribution in [2.24, 2.45) is 0 Å². The van der Waals surface area contributed by atoms with Crippen LogP contribution in [-0.2, 0) is 4.79 Å². The Labute approximate surface area is 308 Å². The second kappa shape index (κ2) is 38.2. The topological polar surface area (TPSA) is 110 Å². The molecule has 6 heteroatoms. The summed E-state index contributed by atoms with van der Waals surface area (Å²) in [6, 6.07) is -1.02. The van der Waals surface area contributed by atoms with Crippen LogP contribution in [-0.4, -0.2) is 57.3 Å². The fourth-order valence-electron chi connectivity index (χ4n) is 5.82. The van der Waals surface area contributed by atoms with Crippen LogP contribution < -0.4 is 5.32 Å². The minimum absolute atomic E-state index is 0.343. The lowest BCUT2D eigenvalue weighted by Gasteiger charge is -2.27. The Kier molecular flexibility index (Phi) is 36.7. The van der Waals surface area contributed by atoms with Gasteiger partial charge in [-0.3, -0.25) is 4.79 Å². The zero-order chi connectivity index (χ0) is 36.8. The summed E-state index contributed by atoms with van der Waals surface area (Å²) in [5, 5.41) is 43.5. The number of rotatable bonds is 36. The van der Waals surface area contributed by atoms with Crippen LogP contribution in [0.15, 0.2) is 60.8 Å². The molecule has 0 saturated carbocycles. The van der Waals surface area contributed by atoms with Crippen molar-refractivity contribution in [1.82, 2.24) is 5.32 Å². The molecule has 0 rings (SSSR count). The van der Waals surface area contributed by atoms with Crippen molar-refractivity contribution in [3.63, 3.8) is 0 Å². The van der Waals surface area contributed by atoms with Crippen molar-refractivity contribution in [3.8, 4) is 0 Å². The van der Waals surface area contributed by atoms with E-state index in [2.05, 4.69) is 79.9 Å². The van der Waals surface area contributed by atoms with Gasteiger partial charge in [-0.15, -0.1) is 0 Å². The van der Waals surface area contributed by atoms with Crippen LogP contribution in [0.25, 0.3) is 0 Å². The molecule has 0 radical (unpaired) electrons. The van der Waals surface area contributed by atoms with Crippen LogP contribution in [0.2, 0.25) is 0 Å². The summed E-state index contributed by atoms with van der Waals surface area (Å²) in [4.78, 5) is 12.5. The summed E-state index contributed by atoms with van der Waals surface area (Å²) in [6.07, 6.45) is 46.6. The molecule has 50 heavy (non-hydrogen) atoms. The van der Waals surface area contributed by atoms with Crippen LogP contribution >= 0.6 is 0 Å². The number of hydrogen-bond donors (Lipinski definition) is 5. The van der Waals surface area contributed by atoms with E-state index in [0.717, 1.165) is 70.6 Å². The molecule has 5 N–H and O–H groups in total. The predicted molar refractivity (Wildman–Crippen MR) is 214 cm³/mol. The average molecular weight is 702 g/mol. The molecule has 4 unspecified atom stereocenters. The van der Waals surface area contributed by atoms with Crippen molar-refractivity contribution in [2.75, 3.05) is 6.61 Å². The summed E-state index contributed by atoms with van der Waals surface area (Å²) in [5.41, 5.74) is 0. The van der Waals surface area contributed by atoms with E-state index in [1.54, 1.807) is 0 Å². The van der Waals surface area contributed by atoms with Crippen LogP contribution in [0.4, 0.5) is 0 Å². The Morgan fingerprint density at radius 3 is 1.42 bits per heavy atom. The van der Waals surface area contributed by atoms with Crippen molar-refractivity contribution in [2.45, 2.75) is 205 Å². The number of amides is 1. The van der Waals surface area contributed by atoms with Crippen LogP contribution in [0.5, 0.6) is 0 Å². The molecular weight excluding hydrogens is 622 g/mol. The van der Waals surface area contributed by atoms with Crippen LogP contribution in [0.1, 0.15) is 181 Å². The van der Waals surface area contributed by atoms with Gasteiger partial charge in [0.05, 0.1) is 18.8 Å². The number of carbonyl (C=O) groups excluding carboxylic acids is 1. The lowest BCUT2D eigenvalue weighted by Crippen LogP contribution is -2.53. The SMILES string of the molecule is CCCCC/C=C\C/C=C\CCCCCCCCC(O)C(=O)NC(CO)C(O)C(O)CCC/C=C/CC/C=C/CC/C=C/CCCCCCC. The summed E-state index contributed by atoms with van der Waals surface area (Å²) in [5.74, 6) is -0.612. The number of aliphatic hydroxyl groups is 4. The van der Waals surface area contributed by atoms with Crippen molar-refractivity contribution in [3.05, 3.63) is 60.8 Å². The predicted octanol–water partition coefficient (Wildman–Crippen LogP) is 10.5. The molecule has 0 aromatic rings. The zero-order valence-corrected chi connectivity index (χ0v) is 32.4. The van der Waals surface area contributed by atoms with Crippen LogP contribution in [0, 0.1) is 0 Å². The summed E-state index contributed by atoms with van der Waals surface area (Å²) >= 11 is 0. The summed E-state index contributed by atoms with van der Waals surface area (Å²) in [7, 11) is 0. The van der Waals surface area contributed by atoms with E-state index in [0.29, 0.717) is 19.3 Å². The van der Waals surface area contributed by atoms with E-state index in [1.165, 1.54) is 77.0 Å². The van der Waals surface area contributed by atoms with Gasteiger partial charge in [0.2, 0.25) is 5.91 Å². The number of carbonyl (C=O) groups is 1. The molecule has 0 aliphatic heterocycles. The monoisotopic (exact) mass is 702 g/mol. The molecule has 0 saturated heterocycles. The second-order valence-electron chi connectivity index (χ2n) is 13.9. The summed E-state index contributed by atoms with van der Waals surface area (Å²) in [6.45, 7) is 3.97.